The number of aliphatic hydroxyl groups is 1. The predicted octanol–water partition coefficient (Wildman–Crippen LogP) is 2.46. The molecule has 1 nitrogen and oxygen atoms in total. The topological polar surface area (TPSA) is 20.2 Å². The van der Waals surface area contributed by atoms with Gasteiger partial charge in [-0.3, -0.25) is 0 Å². The van der Waals surface area contributed by atoms with Gasteiger partial charge >= 0.3 is 0 Å². The average molecular weight is 186 g/mol. The van der Waals surface area contributed by atoms with Gasteiger partial charge in [-0.25, -0.2) is 0 Å². The SMILES string of the molecule is CC(C)C1C=CC(C)(CCO)S1. The fourth-order valence-electron chi connectivity index (χ4n) is 1.41. The lowest BCUT2D eigenvalue weighted by atomic mass is 10.1. The van der Waals surface area contributed by atoms with E-state index in [0.29, 0.717) is 17.8 Å². The third-order valence-electron chi connectivity index (χ3n) is 2.31. The fraction of sp³-hybridized carbons (Fsp3) is 0.800. The van der Waals surface area contributed by atoms with Crippen molar-refractivity contribution in [2.24, 2.45) is 5.92 Å². The maximum atomic E-state index is 8.87. The summed E-state index contributed by atoms with van der Waals surface area (Å²) >= 11 is 1.97. The van der Waals surface area contributed by atoms with Gasteiger partial charge in [-0.1, -0.05) is 26.0 Å². The van der Waals surface area contributed by atoms with Gasteiger partial charge in [0.05, 0.1) is 0 Å². The van der Waals surface area contributed by atoms with Gasteiger partial charge in [0.25, 0.3) is 0 Å². The highest BCUT2D eigenvalue weighted by Crippen LogP contribution is 2.42. The van der Waals surface area contributed by atoms with Crippen molar-refractivity contribution < 1.29 is 5.11 Å². The quantitative estimate of drug-likeness (QED) is 0.683. The molecule has 2 atom stereocenters. The Morgan fingerprint density at radius 3 is 2.67 bits per heavy atom. The van der Waals surface area contributed by atoms with Gasteiger partial charge in [0.15, 0.2) is 0 Å². The Bertz CT molecular complexity index is 177. The Morgan fingerprint density at radius 2 is 2.25 bits per heavy atom. The Morgan fingerprint density at radius 1 is 1.58 bits per heavy atom. The average Bonchev–Trinajstić information content (AvgIpc) is 2.33. The van der Waals surface area contributed by atoms with Crippen LogP contribution in [0.1, 0.15) is 27.2 Å². The molecule has 0 amide bonds. The van der Waals surface area contributed by atoms with Crippen molar-refractivity contribution in [1.82, 2.24) is 0 Å². The third kappa shape index (κ3) is 2.27. The summed E-state index contributed by atoms with van der Waals surface area (Å²) in [5.74, 6) is 0.701. The first-order valence-corrected chi connectivity index (χ1v) is 5.43. The summed E-state index contributed by atoms with van der Waals surface area (Å²) in [7, 11) is 0. The zero-order chi connectivity index (χ0) is 9.19. The van der Waals surface area contributed by atoms with E-state index in [-0.39, 0.29) is 4.75 Å². The first kappa shape index (κ1) is 10.1. The van der Waals surface area contributed by atoms with Crippen LogP contribution in [-0.2, 0) is 0 Å². The molecule has 1 aliphatic rings. The van der Waals surface area contributed by atoms with Crippen LogP contribution in [0.3, 0.4) is 0 Å². The Hall–Kier alpha value is 0.0500. The smallest absolute Gasteiger partial charge is 0.0447 e. The highest BCUT2D eigenvalue weighted by Gasteiger charge is 2.31. The molecule has 2 heteroatoms. The molecule has 0 spiro atoms. The van der Waals surface area contributed by atoms with Gasteiger partial charge < -0.3 is 5.11 Å². The van der Waals surface area contributed by atoms with E-state index in [4.69, 9.17) is 5.11 Å². The zero-order valence-corrected chi connectivity index (χ0v) is 8.90. The van der Waals surface area contributed by atoms with E-state index < -0.39 is 0 Å². The summed E-state index contributed by atoms with van der Waals surface area (Å²) in [6.45, 7) is 6.98. The van der Waals surface area contributed by atoms with E-state index in [1.54, 1.807) is 0 Å². The van der Waals surface area contributed by atoms with Crippen molar-refractivity contribution in [3.8, 4) is 0 Å². The lowest BCUT2D eigenvalue weighted by molar-refractivity contribution is 0.280. The second kappa shape index (κ2) is 3.84. The van der Waals surface area contributed by atoms with E-state index in [0.717, 1.165) is 6.42 Å². The fourth-order valence-corrected chi connectivity index (χ4v) is 2.83. The Kier molecular flexibility index (Phi) is 3.24. The molecule has 2 unspecified atom stereocenters. The molecule has 1 rings (SSSR count). The first-order chi connectivity index (χ1) is 5.57. The molecule has 0 radical (unpaired) electrons. The van der Waals surface area contributed by atoms with E-state index >= 15 is 0 Å². The molecule has 1 N–H and O–H groups in total. The summed E-state index contributed by atoms with van der Waals surface area (Å²) in [6.07, 6.45) is 5.40. The summed E-state index contributed by atoms with van der Waals surface area (Å²) in [5, 5.41) is 9.51. The van der Waals surface area contributed by atoms with E-state index in [1.807, 2.05) is 11.8 Å². The standard InChI is InChI=1S/C10H18OS/c1-8(2)9-4-5-10(3,12-9)6-7-11/h4-5,8-9,11H,6-7H2,1-3H3. The minimum atomic E-state index is 0.184. The van der Waals surface area contributed by atoms with Crippen molar-refractivity contribution >= 4 is 11.8 Å². The lowest BCUT2D eigenvalue weighted by Gasteiger charge is -2.23. The number of thioether (sulfide) groups is 1. The van der Waals surface area contributed by atoms with Gasteiger partial charge in [0, 0.05) is 16.6 Å². The van der Waals surface area contributed by atoms with Crippen LogP contribution < -0.4 is 0 Å². The summed E-state index contributed by atoms with van der Waals surface area (Å²) in [4.78, 5) is 0. The largest absolute Gasteiger partial charge is 0.396 e. The van der Waals surface area contributed by atoms with Crippen LogP contribution in [0.25, 0.3) is 0 Å². The minimum absolute atomic E-state index is 0.184. The molecule has 0 saturated heterocycles. The van der Waals surface area contributed by atoms with Crippen LogP contribution in [0.4, 0.5) is 0 Å². The van der Waals surface area contributed by atoms with Gasteiger partial charge in [-0.15, -0.1) is 11.8 Å². The molecule has 0 aromatic rings. The van der Waals surface area contributed by atoms with E-state index in [1.165, 1.54) is 0 Å². The van der Waals surface area contributed by atoms with Crippen molar-refractivity contribution in [2.45, 2.75) is 37.2 Å². The molecular formula is C10H18OS. The van der Waals surface area contributed by atoms with E-state index in [2.05, 4.69) is 32.9 Å². The van der Waals surface area contributed by atoms with Crippen LogP contribution in [0.5, 0.6) is 0 Å². The van der Waals surface area contributed by atoms with Gasteiger partial charge in [-0.05, 0) is 19.3 Å². The minimum Gasteiger partial charge on any atom is -0.396 e. The van der Waals surface area contributed by atoms with Crippen molar-refractivity contribution in [3.63, 3.8) is 0 Å². The van der Waals surface area contributed by atoms with Gasteiger partial charge in [0.2, 0.25) is 0 Å². The molecular weight excluding hydrogens is 168 g/mol. The normalized spacial score (nSPS) is 34.9. The summed E-state index contributed by atoms with van der Waals surface area (Å²) < 4.78 is 0.184. The Balaban J connectivity index is 2.50. The molecule has 1 aliphatic heterocycles. The van der Waals surface area contributed by atoms with Crippen LogP contribution in [0, 0.1) is 5.92 Å². The number of hydrogen-bond donors (Lipinski definition) is 1. The third-order valence-corrected chi connectivity index (χ3v) is 4.16. The molecule has 12 heavy (non-hydrogen) atoms. The van der Waals surface area contributed by atoms with Gasteiger partial charge in [0.1, 0.15) is 0 Å². The molecule has 0 fully saturated rings. The highest BCUT2D eigenvalue weighted by atomic mass is 32.2. The monoisotopic (exact) mass is 186 g/mol. The van der Waals surface area contributed by atoms with Crippen LogP contribution in [0.2, 0.25) is 0 Å². The van der Waals surface area contributed by atoms with Gasteiger partial charge in [-0.2, -0.15) is 0 Å². The highest BCUT2D eigenvalue weighted by molar-refractivity contribution is 8.01. The van der Waals surface area contributed by atoms with E-state index in [9.17, 15) is 0 Å². The predicted molar refractivity (Wildman–Crippen MR) is 55.5 cm³/mol. The maximum absolute atomic E-state index is 8.87. The molecule has 0 aromatic carbocycles. The molecule has 0 aromatic heterocycles. The molecule has 0 saturated carbocycles. The molecule has 0 aliphatic carbocycles. The van der Waals surface area contributed by atoms with Crippen molar-refractivity contribution in [2.75, 3.05) is 6.61 Å². The molecule has 1 heterocycles. The van der Waals surface area contributed by atoms with Crippen molar-refractivity contribution in [1.29, 1.82) is 0 Å². The number of aliphatic hydroxyl groups excluding tert-OH is 1. The number of rotatable bonds is 3. The maximum Gasteiger partial charge on any atom is 0.0447 e. The second-order valence-electron chi connectivity index (χ2n) is 3.97. The summed E-state index contributed by atoms with van der Waals surface area (Å²) in [5.41, 5.74) is 0. The second-order valence-corrected chi connectivity index (χ2v) is 5.68. The van der Waals surface area contributed by atoms with Crippen LogP contribution in [-0.4, -0.2) is 21.7 Å². The van der Waals surface area contributed by atoms with Crippen molar-refractivity contribution in [3.05, 3.63) is 12.2 Å². The van der Waals surface area contributed by atoms with Crippen LogP contribution in [0.15, 0.2) is 12.2 Å². The zero-order valence-electron chi connectivity index (χ0n) is 8.08. The molecule has 0 bridgehead atoms. The Labute approximate surface area is 79.2 Å². The molecule has 70 valence electrons. The number of hydrogen-bond acceptors (Lipinski definition) is 2. The van der Waals surface area contributed by atoms with Crippen LogP contribution >= 0.6 is 11.8 Å². The first-order valence-electron chi connectivity index (χ1n) is 4.55. The lowest BCUT2D eigenvalue weighted by Crippen LogP contribution is -2.18. The summed E-state index contributed by atoms with van der Waals surface area (Å²) in [6, 6.07) is 0.